The number of nitrogens with one attached hydrogen (secondary N) is 1. The number of rotatable bonds is 4. The summed E-state index contributed by atoms with van der Waals surface area (Å²) in [6.45, 7) is 16.8. The zero-order valence-electron chi connectivity index (χ0n) is 12.3. The van der Waals surface area contributed by atoms with Gasteiger partial charge in [0.05, 0.1) is 0 Å². The molecule has 1 N–H and O–H groups in total. The van der Waals surface area contributed by atoms with Crippen LogP contribution >= 0.6 is 0 Å². The van der Waals surface area contributed by atoms with Gasteiger partial charge in [0.25, 0.3) is 0 Å². The third-order valence-electron chi connectivity index (χ3n) is 5.18. The molecular weight excluding hydrogens is 208 g/mol. The molecule has 2 aliphatic rings. The molecule has 2 rings (SSSR count). The third kappa shape index (κ3) is 3.03. The maximum absolute atomic E-state index is 3.76. The van der Waals surface area contributed by atoms with Crippen molar-refractivity contribution in [3.63, 3.8) is 0 Å². The minimum absolute atomic E-state index is 0.394. The molecule has 0 aromatic carbocycles. The fourth-order valence-electron chi connectivity index (χ4n) is 2.99. The number of hydrogen-bond donors (Lipinski definition) is 1. The molecule has 0 radical (unpaired) electrons. The Hall–Kier alpha value is -0.0800. The van der Waals surface area contributed by atoms with E-state index in [0.29, 0.717) is 11.0 Å². The van der Waals surface area contributed by atoms with Crippen molar-refractivity contribution in [1.82, 2.24) is 10.2 Å². The van der Waals surface area contributed by atoms with Crippen molar-refractivity contribution in [2.45, 2.75) is 53.0 Å². The fourth-order valence-corrected chi connectivity index (χ4v) is 2.99. The van der Waals surface area contributed by atoms with Crippen molar-refractivity contribution in [1.29, 1.82) is 0 Å². The molecule has 100 valence electrons. The normalized spacial score (nSPS) is 32.1. The topological polar surface area (TPSA) is 15.3 Å². The van der Waals surface area contributed by atoms with E-state index in [-0.39, 0.29) is 0 Å². The molecule has 0 aromatic rings. The fraction of sp³-hybridized carbons (Fsp3) is 1.00. The zero-order valence-corrected chi connectivity index (χ0v) is 12.3. The van der Waals surface area contributed by atoms with E-state index >= 15 is 0 Å². The van der Waals surface area contributed by atoms with Crippen molar-refractivity contribution >= 4 is 0 Å². The quantitative estimate of drug-likeness (QED) is 0.810. The van der Waals surface area contributed by atoms with Crippen LogP contribution in [0.4, 0.5) is 0 Å². The second kappa shape index (κ2) is 4.55. The molecule has 1 atom stereocenters. The van der Waals surface area contributed by atoms with Gasteiger partial charge < -0.3 is 5.32 Å². The highest BCUT2D eigenvalue weighted by atomic mass is 15.2. The first-order valence-electron chi connectivity index (χ1n) is 7.31. The molecule has 2 fully saturated rings. The van der Waals surface area contributed by atoms with Crippen LogP contribution in [0.2, 0.25) is 0 Å². The Morgan fingerprint density at radius 1 is 1.35 bits per heavy atom. The van der Waals surface area contributed by atoms with Crippen molar-refractivity contribution < 1.29 is 0 Å². The van der Waals surface area contributed by atoms with Crippen LogP contribution in [0.15, 0.2) is 0 Å². The van der Waals surface area contributed by atoms with E-state index in [1.807, 2.05) is 0 Å². The largest absolute Gasteiger partial charge is 0.309 e. The van der Waals surface area contributed by atoms with Crippen LogP contribution in [0.1, 0.15) is 47.5 Å². The SMILES string of the molecule is CC(C)C(C)(C)CN1CCNC(C)(C2CC2)C1. The molecule has 0 spiro atoms. The van der Waals surface area contributed by atoms with E-state index in [1.54, 1.807) is 0 Å². The first-order chi connectivity index (χ1) is 7.83. The Labute approximate surface area is 107 Å². The molecule has 2 nitrogen and oxygen atoms in total. The van der Waals surface area contributed by atoms with Crippen molar-refractivity contribution in [3.05, 3.63) is 0 Å². The Morgan fingerprint density at radius 3 is 2.53 bits per heavy atom. The molecule has 0 bridgehead atoms. The maximum atomic E-state index is 3.76. The summed E-state index contributed by atoms with van der Waals surface area (Å²) in [7, 11) is 0. The van der Waals surface area contributed by atoms with Gasteiger partial charge in [-0.05, 0) is 37.0 Å². The van der Waals surface area contributed by atoms with Crippen molar-refractivity contribution in [3.8, 4) is 0 Å². The van der Waals surface area contributed by atoms with E-state index in [0.717, 1.165) is 11.8 Å². The summed E-state index contributed by atoms with van der Waals surface area (Å²) in [6.07, 6.45) is 2.87. The lowest BCUT2D eigenvalue weighted by molar-refractivity contribution is 0.0715. The third-order valence-corrected chi connectivity index (χ3v) is 5.18. The average Bonchev–Trinajstić information content (AvgIpc) is 2.99. The zero-order chi connectivity index (χ0) is 12.7. The Morgan fingerprint density at radius 2 is 2.00 bits per heavy atom. The molecule has 1 heterocycles. The van der Waals surface area contributed by atoms with Gasteiger partial charge in [0.2, 0.25) is 0 Å². The summed E-state index contributed by atoms with van der Waals surface area (Å²) in [5.41, 5.74) is 0.826. The molecule has 2 heteroatoms. The lowest BCUT2D eigenvalue weighted by Crippen LogP contribution is -2.61. The van der Waals surface area contributed by atoms with Crippen LogP contribution in [0.5, 0.6) is 0 Å². The van der Waals surface area contributed by atoms with Crippen LogP contribution in [-0.4, -0.2) is 36.6 Å². The van der Waals surface area contributed by atoms with Crippen LogP contribution in [0.3, 0.4) is 0 Å². The molecule has 0 amide bonds. The second-order valence-corrected chi connectivity index (χ2v) is 7.47. The summed E-state index contributed by atoms with van der Waals surface area (Å²) < 4.78 is 0. The predicted molar refractivity (Wildman–Crippen MR) is 74.2 cm³/mol. The minimum atomic E-state index is 0.394. The number of piperazine rings is 1. The molecule has 17 heavy (non-hydrogen) atoms. The predicted octanol–water partition coefficient (Wildman–Crippen LogP) is 2.74. The molecule has 1 saturated heterocycles. The maximum Gasteiger partial charge on any atom is 0.0309 e. The minimum Gasteiger partial charge on any atom is -0.309 e. The lowest BCUT2D eigenvalue weighted by Gasteiger charge is -2.45. The average molecular weight is 238 g/mol. The molecule has 0 aromatic heterocycles. The van der Waals surface area contributed by atoms with Gasteiger partial charge >= 0.3 is 0 Å². The highest BCUT2D eigenvalue weighted by molar-refractivity contribution is 5.02. The van der Waals surface area contributed by atoms with Gasteiger partial charge in [0, 0.05) is 31.7 Å². The van der Waals surface area contributed by atoms with Crippen molar-refractivity contribution in [2.24, 2.45) is 17.3 Å². The second-order valence-electron chi connectivity index (χ2n) is 7.47. The van der Waals surface area contributed by atoms with Crippen LogP contribution < -0.4 is 5.32 Å². The van der Waals surface area contributed by atoms with Gasteiger partial charge in [0.15, 0.2) is 0 Å². The van der Waals surface area contributed by atoms with E-state index in [2.05, 4.69) is 44.8 Å². The van der Waals surface area contributed by atoms with E-state index < -0.39 is 0 Å². The van der Waals surface area contributed by atoms with Gasteiger partial charge in [-0.3, -0.25) is 4.90 Å². The smallest absolute Gasteiger partial charge is 0.0309 e. The van der Waals surface area contributed by atoms with E-state index in [1.165, 1.54) is 39.0 Å². The molecular formula is C15H30N2. The monoisotopic (exact) mass is 238 g/mol. The molecule has 1 unspecified atom stereocenters. The first kappa shape index (κ1) is 13.4. The summed E-state index contributed by atoms with van der Waals surface area (Å²) in [5.74, 6) is 1.69. The molecule has 1 saturated carbocycles. The van der Waals surface area contributed by atoms with Crippen LogP contribution in [0.25, 0.3) is 0 Å². The first-order valence-corrected chi connectivity index (χ1v) is 7.31. The van der Waals surface area contributed by atoms with Gasteiger partial charge in [0.1, 0.15) is 0 Å². The Kier molecular flexibility index (Phi) is 3.57. The summed E-state index contributed by atoms with van der Waals surface area (Å²) >= 11 is 0. The number of hydrogen-bond acceptors (Lipinski definition) is 2. The molecule has 1 aliphatic carbocycles. The van der Waals surface area contributed by atoms with Gasteiger partial charge in [-0.2, -0.15) is 0 Å². The van der Waals surface area contributed by atoms with Crippen LogP contribution in [0, 0.1) is 17.3 Å². The summed E-state index contributed by atoms with van der Waals surface area (Å²) in [6, 6.07) is 0. The van der Waals surface area contributed by atoms with Crippen molar-refractivity contribution in [2.75, 3.05) is 26.2 Å². The van der Waals surface area contributed by atoms with Crippen LogP contribution in [-0.2, 0) is 0 Å². The summed E-state index contributed by atoms with van der Waals surface area (Å²) in [4.78, 5) is 2.69. The standard InChI is InChI=1S/C15H30N2/c1-12(2)14(3,4)10-17-9-8-16-15(5,11-17)13-6-7-13/h12-13,16H,6-11H2,1-5H3. The molecule has 1 aliphatic heterocycles. The van der Waals surface area contributed by atoms with Gasteiger partial charge in [-0.1, -0.05) is 27.7 Å². The lowest BCUT2D eigenvalue weighted by atomic mass is 9.80. The van der Waals surface area contributed by atoms with E-state index in [4.69, 9.17) is 0 Å². The Bertz CT molecular complexity index is 266. The van der Waals surface area contributed by atoms with Gasteiger partial charge in [-0.15, -0.1) is 0 Å². The highest BCUT2D eigenvalue weighted by Gasteiger charge is 2.44. The number of nitrogens with zero attached hydrogens (tertiary/aromatic N) is 1. The highest BCUT2D eigenvalue weighted by Crippen LogP contribution is 2.41. The summed E-state index contributed by atoms with van der Waals surface area (Å²) in [5, 5.41) is 3.76. The van der Waals surface area contributed by atoms with E-state index in [9.17, 15) is 0 Å². The van der Waals surface area contributed by atoms with Gasteiger partial charge in [-0.25, -0.2) is 0 Å². The Balaban J connectivity index is 1.93.